The average Bonchev–Trinajstić information content (AvgIpc) is 3.14. The molecule has 1 heterocycles. The first-order valence-corrected chi connectivity index (χ1v) is 8.83. The van der Waals surface area contributed by atoms with Crippen LogP contribution in [0.2, 0.25) is 0 Å². The summed E-state index contributed by atoms with van der Waals surface area (Å²) in [6.45, 7) is 6.48. The minimum absolute atomic E-state index is 0.0412. The van der Waals surface area contributed by atoms with Crippen LogP contribution in [-0.2, 0) is 12.0 Å². The monoisotopic (exact) mass is 383 g/mol. The van der Waals surface area contributed by atoms with Crippen LogP contribution < -0.4 is 10.1 Å². The van der Waals surface area contributed by atoms with Gasteiger partial charge in [0.1, 0.15) is 0 Å². The Balaban J connectivity index is 1.65. The predicted molar refractivity (Wildman–Crippen MR) is 103 cm³/mol. The van der Waals surface area contributed by atoms with Crippen molar-refractivity contribution in [1.82, 2.24) is 15.5 Å². The predicted octanol–water partition coefficient (Wildman–Crippen LogP) is 4.11. The normalized spacial score (nSPS) is 11.3. The van der Waals surface area contributed by atoms with Gasteiger partial charge in [-0.2, -0.15) is 4.98 Å². The van der Waals surface area contributed by atoms with Gasteiger partial charge in [-0.15, -0.1) is 0 Å². The van der Waals surface area contributed by atoms with Gasteiger partial charge in [0.2, 0.25) is 11.7 Å². The Kier molecular flexibility index (Phi) is 5.44. The number of amides is 1. The molecule has 3 aromatic rings. The first kappa shape index (κ1) is 19.5. The Morgan fingerprint density at radius 2 is 1.89 bits per heavy atom. The first-order valence-electron chi connectivity index (χ1n) is 8.83. The summed E-state index contributed by atoms with van der Waals surface area (Å²) >= 11 is 0. The van der Waals surface area contributed by atoms with Crippen LogP contribution in [0.3, 0.4) is 0 Å². The Bertz CT molecular complexity index is 975. The van der Waals surface area contributed by atoms with Gasteiger partial charge in [0.25, 0.3) is 5.91 Å². The number of carbonyl (C=O) groups is 1. The van der Waals surface area contributed by atoms with E-state index in [4.69, 9.17) is 9.26 Å². The Morgan fingerprint density at radius 3 is 2.50 bits per heavy atom. The number of rotatable bonds is 5. The van der Waals surface area contributed by atoms with Gasteiger partial charge in [-0.05, 0) is 29.2 Å². The second-order valence-corrected chi connectivity index (χ2v) is 7.37. The fraction of sp³-hybridized carbons (Fsp3) is 0.286. The molecule has 0 radical (unpaired) electrons. The summed E-state index contributed by atoms with van der Waals surface area (Å²) in [7, 11) is 1.36. The number of nitrogens with zero attached hydrogens (tertiary/aromatic N) is 2. The minimum Gasteiger partial charge on any atom is -0.494 e. The van der Waals surface area contributed by atoms with Gasteiger partial charge < -0.3 is 14.6 Å². The number of hydrogen-bond donors (Lipinski definition) is 1. The zero-order chi connectivity index (χ0) is 20.3. The molecular formula is C21H22FN3O3. The van der Waals surface area contributed by atoms with Crippen molar-refractivity contribution in [3.05, 3.63) is 65.3 Å². The van der Waals surface area contributed by atoms with Gasteiger partial charge in [-0.3, -0.25) is 4.79 Å². The second kappa shape index (κ2) is 7.80. The molecule has 0 bridgehead atoms. The minimum atomic E-state index is -0.603. The maximum atomic E-state index is 13.7. The third kappa shape index (κ3) is 4.36. The smallest absolute Gasteiger partial charge is 0.251 e. The standard InChI is InChI=1S/C21H22FN3O3/c1-21(2,3)15-8-5-13(6-9-15)19-24-18(28-25-19)12-23-20(26)14-7-10-17(27-4)16(22)11-14/h5-11H,12H2,1-4H3,(H,23,26). The topological polar surface area (TPSA) is 77.2 Å². The molecule has 0 saturated heterocycles. The lowest BCUT2D eigenvalue weighted by molar-refractivity contribution is 0.0945. The van der Waals surface area contributed by atoms with E-state index in [1.165, 1.54) is 24.8 Å². The van der Waals surface area contributed by atoms with Crippen LogP contribution in [0.15, 0.2) is 47.0 Å². The van der Waals surface area contributed by atoms with Crippen LogP contribution in [-0.4, -0.2) is 23.2 Å². The largest absolute Gasteiger partial charge is 0.494 e. The molecule has 0 saturated carbocycles. The van der Waals surface area contributed by atoms with Gasteiger partial charge in [-0.25, -0.2) is 4.39 Å². The zero-order valence-corrected chi connectivity index (χ0v) is 16.2. The Morgan fingerprint density at radius 1 is 1.18 bits per heavy atom. The summed E-state index contributed by atoms with van der Waals surface area (Å²) in [5.74, 6) is -0.266. The molecule has 0 atom stereocenters. The highest BCUT2D eigenvalue weighted by molar-refractivity contribution is 5.94. The van der Waals surface area contributed by atoms with E-state index in [1.54, 1.807) is 0 Å². The van der Waals surface area contributed by atoms with Crippen molar-refractivity contribution in [3.8, 4) is 17.1 Å². The molecule has 1 amide bonds. The van der Waals surface area contributed by atoms with Crippen molar-refractivity contribution in [2.24, 2.45) is 0 Å². The van der Waals surface area contributed by atoms with Crippen LogP contribution in [0.25, 0.3) is 11.4 Å². The third-order valence-corrected chi connectivity index (χ3v) is 4.29. The van der Waals surface area contributed by atoms with Crippen molar-refractivity contribution in [3.63, 3.8) is 0 Å². The SMILES string of the molecule is COc1ccc(C(=O)NCc2nc(-c3ccc(C(C)(C)C)cc3)no2)cc1F. The summed E-state index contributed by atoms with van der Waals surface area (Å²) < 4.78 is 23.8. The lowest BCUT2D eigenvalue weighted by atomic mass is 9.87. The van der Waals surface area contributed by atoms with Gasteiger partial charge in [0.15, 0.2) is 11.6 Å². The van der Waals surface area contributed by atoms with E-state index >= 15 is 0 Å². The lowest BCUT2D eigenvalue weighted by Crippen LogP contribution is -2.23. The molecule has 0 spiro atoms. The second-order valence-electron chi connectivity index (χ2n) is 7.37. The summed E-state index contributed by atoms with van der Waals surface area (Å²) in [6, 6.07) is 11.9. The third-order valence-electron chi connectivity index (χ3n) is 4.29. The number of hydrogen-bond acceptors (Lipinski definition) is 5. The quantitative estimate of drug-likeness (QED) is 0.717. The van der Waals surface area contributed by atoms with E-state index in [0.29, 0.717) is 5.82 Å². The molecule has 1 N–H and O–H groups in total. The molecule has 146 valence electrons. The Labute approximate surface area is 162 Å². The van der Waals surface area contributed by atoms with E-state index in [1.807, 2.05) is 24.3 Å². The molecule has 6 nitrogen and oxygen atoms in total. The van der Waals surface area contributed by atoms with Gasteiger partial charge >= 0.3 is 0 Å². The maximum Gasteiger partial charge on any atom is 0.251 e. The summed E-state index contributed by atoms with van der Waals surface area (Å²) in [5, 5.41) is 6.58. The molecule has 1 aromatic heterocycles. The van der Waals surface area contributed by atoms with Crippen molar-refractivity contribution >= 4 is 5.91 Å². The lowest BCUT2D eigenvalue weighted by Gasteiger charge is -2.18. The fourth-order valence-corrected chi connectivity index (χ4v) is 2.63. The van der Waals surface area contributed by atoms with Gasteiger partial charge in [-0.1, -0.05) is 50.2 Å². The van der Waals surface area contributed by atoms with Crippen molar-refractivity contribution in [1.29, 1.82) is 0 Å². The number of aromatic nitrogens is 2. The molecule has 28 heavy (non-hydrogen) atoms. The number of methoxy groups -OCH3 is 1. The number of ether oxygens (including phenoxy) is 1. The highest BCUT2D eigenvalue weighted by Crippen LogP contribution is 2.25. The van der Waals surface area contributed by atoms with Crippen molar-refractivity contribution in [2.45, 2.75) is 32.7 Å². The Hall–Kier alpha value is -3.22. The van der Waals surface area contributed by atoms with Crippen molar-refractivity contribution in [2.75, 3.05) is 7.11 Å². The fourth-order valence-electron chi connectivity index (χ4n) is 2.63. The molecule has 7 heteroatoms. The maximum absolute atomic E-state index is 13.7. The van der Waals surface area contributed by atoms with Crippen LogP contribution in [0.5, 0.6) is 5.75 Å². The summed E-state index contributed by atoms with van der Waals surface area (Å²) in [5.41, 5.74) is 2.27. The molecular weight excluding hydrogens is 361 g/mol. The van der Waals surface area contributed by atoms with Crippen LogP contribution in [0.1, 0.15) is 42.6 Å². The zero-order valence-electron chi connectivity index (χ0n) is 16.2. The van der Waals surface area contributed by atoms with E-state index in [-0.39, 0.29) is 29.2 Å². The highest BCUT2D eigenvalue weighted by atomic mass is 19.1. The van der Waals surface area contributed by atoms with E-state index in [9.17, 15) is 9.18 Å². The van der Waals surface area contributed by atoms with Crippen LogP contribution in [0.4, 0.5) is 4.39 Å². The summed E-state index contributed by atoms with van der Waals surface area (Å²) in [4.78, 5) is 16.5. The molecule has 0 unspecified atom stereocenters. The highest BCUT2D eigenvalue weighted by Gasteiger charge is 2.15. The van der Waals surface area contributed by atoms with Crippen LogP contribution in [0, 0.1) is 5.82 Å². The van der Waals surface area contributed by atoms with Gasteiger partial charge in [0, 0.05) is 11.1 Å². The van der Waals surface area contributed by atoms with Gasteiger partial charge in [0.05, 0.1) is 13.7 Å². The molecule has 2 aromatic carbocycles. The number of carbonyl (C=O) groups excluding carboxylic acids is 1. The molecule has 0 aliphatic rings. The van der Waals surface area contributed by atoms with E-state index in [0.717, 1.165) is 11.6 Å². The first-order chi connectivity index (χ1) is 13.3. The molecule has 0 aliphatic carbocycles. The molecule has 3 rings (SSSR count). The number of halogens is 1. The van der Waals surface area contributed by atoms with E-state index in [2.05, 4.69) is 36.2 Å². The van der Waals surface area contributed by atoms with Crippen molar-refractivity contribution < 1.29 is 18.4 Å². The average molecular weight is 383 g/mol. The number of benzene rings is 2. The van der Waals surface area contributed by atoms with E-state index < -0.39 is 11.7 Å². The summed E-state index contributed by atoms with van der Waals surface area (Å²) in [6.07, 6.45) is 0. The molecule has 0 fully saturated rings. The van der Waals surface area contributed by atoms with Crippen LogP contribution >= 0.6 is 0 Å². The number of nitrogens with one attached hydrogen (secondary N) is 1. The molecule has 0 aliphatic heterocycles.